The molecule has 0 bridgehead atoms. The molecule has 1 aliphatic rings. The van der Waals surface area contributed by atoms with E-state index < -0.39 is 24.4 Å². The topological polar surface area (TPSA) is 86.7 Å². The second kappa shape index (κ2) is 3.49. The van der Waals surface area contributed by atoms with Crippen molar-refractivity contribution in [3.8, 4) is 0 Å². The molecule has 0 unspecified atom stereocenters. The lowest BCUT2D eigenvalue weighted by molar-refractivity contribution is -0.00867. The molecule has 0 aromatic carbocycles. The van der Waals surface area contributed by atoms with Gasteiger partial charge >= 0.3 is 0 Å². The lowest BCUT2D eigenvalue weighted by Gasteiger charge is -2.19. The summed E-state index contributed by atoms with van der Waals surface area (Å²) in [6.07, 6.45) is -0.911. The summed E-state index contributed by atoms with van der Waals surface area (Å²) in [6, 6.07) is -0.401. The highest BCUT2D eigenvalue weighted by Gasteiger charge is 2.29. The standard InChI is InChI=1S/C7H15NO3/c8-5-2-1-4(9)3-6(10)7(5)11/h4-7,9-11H,1-3,8H2/t4-,5+,6-,7-/m0/s1. The summed E-state index contributed by atoms with van der Waals surface area (Å²) in [5.41, 5.74) is 5.51. The highest BCUT2D eigenvalue weighted by molar-refractivity contribution is 4.84. The highest BCUT2D eigenvalue weighted by atomic mass is 16.3. The first kappa shape index (κ1) is 8.93. The first-order valence-electron chi connectivity index (χ1n) is 3.91. The Kier molecular flexibility index (Phi) is 2.84. The molecule has 0 saturated heterocycles. The van der Waals surface area contributed by atoms with Crippen molar-refractivity contribution in [2.45, 2.75) is 43.6 Å². The van der Waals surface area contributed by atoms with Gasteiger partial charge in [-0.1, -0.05) is 0 Å². The van der Waals surface area contributed by atoms with Crippen molar-refractivity contribution in [1.82, 2.24) is 0 Å². The van der Waals surface area contributed by atoms with Gasteiger partial charge < -0.3 is 21.1 Å². The van der Waals surface area contributed by atoms with Crippen LogP contribution in [0.2, 0.25) is 0 Å². The number of aliphatic hydroxyl groups is 3. The zero-order chi connectivity index (χ0) is 8.43. The van der Waals surface area contributed by atoms with Crippen LogP contribution in [0.25, 0.3) is 0 Å². The zero-order valence-electron chi connectivity index (χ0n) is 6.35. The van der Waals surface area contributed by atoms with E-state index in [9.17, 15) is 10.2 Å². The van der Waals surface area contributed by atoms with Crippen molar-refractivity contribution in [1.29, 1.82) is 0 Å². The summed E-state index contributed by atoms with van der Waals surface area (Å²) in [6.45, 7) is 0. The van der Waals surface area contributed by atoms with Crippen LogP contribution in [-0.2, 0) is 0 Å². The van der Waals surface area contributed by atoms with Crippen molar-refractivity contribution >= 4 is 0 Å². The average molecular weight is 161 g/mol. The normalized spacial score (nSPS) is 46.9. The zero-order valence-corrected chi connectivity index (χ0v) is 6.35. The second-order valence-electron chi connectivity index (χ2n) is 3.19. The van der Waals surface area contributed by atoms with Crippen molar-refractivity contribution in [3.05, 3.63) is 0 Å². The van der Waals surface area contributed by atoms with E-state index in [-0.39, 0.29) is 6.42 Å². The van der Waals surface area contributed by atoms with Crippen LogP contribution in [0.1, 0.15) is 19.3 Å². The lowest BCUT2D eigenvalue weighted by Crippen LogP contribution is -2.41. The fourth-order valence-corrected chi connectivity index (χ4v) is 1.38. The van der Waals surface area contributed by atoms with Gasteiger partial charge in [-0.3, -0.25) is 0 Å². The number of hydrogen-bond donors (Lipinski definition) is 4. The first-order valence-corrected chi connectivity index (χ1v) is 3.91. The minimum Gasteiger partial charge on any atom is -0.393 e. The molecule has 0 spiro atoms. The SMILES string of the molecule is N[C@@H]1CC[C@H](O)C[C@H](O)[C@H]1O. The molecule has 1 aliphatic carbocycles. The Balaban J connectivity index is 2.53. The predicted octanol–water partition coefficient (Wildman–Crippen LogP) is -1.42. The van der Waals surface area contributed by atoms with E-state index in [0.29, 0.717) is 12.8 Å². The Morgan fingerprint density at radius 3 is 2.36 bits per heavy atom. The van der Waals surface area contributed by atoms with Crippen LogP contribution in [0.4, 0.5) is 0 Å². The molecule has 1 fully saturated rings. The Labute approximate surface area is 65.6 Å². The predicted molar refractivity (Wildman–Crippen MR) is 39.8 cm³/mol. The molecule has 0 amide bonds. The fraction of sp³-hybridized carbons (Fsp3) is 1.00. The van der Waals surface area contributed by atoms with Gasteiger partial charge in [0, 0.05) is 12.5 Å². The smallest absolute Gasteiger partial charge is 0.0950 e. The van der Waals surface area contributed by atoms with Gasteiger partial charge in [-0.2, -0.15) is 0 Å². The van der Waals surface area contributed by atoms with Crippen molar-refractivity contribution in [3.63, 3.8) is 0 Å². The van der Waals surface area contributed by atoms with E-state index in [1.165, 1.54) is 0 Å². The largest absolute Gasteiger partial charge is 0.393 e. The van der Waals surface area contributed by atoms with Crippen LogP contribution in [0.15, 0.2) is 0 Å². The Bertz CT molecular complexity index is 131. The van der Waals surface area contributed by atoms with Gasteiger partial charge in [-0.25, -0.2) is 0 Å². The maximum absolute atomic E-state index is 9.26. The van der Waals surface area contributed by atoms with Crippen LogP contribution in [0.5, 0.6) is 0 Å². The third-order valence-electron chi connectivity index (χ3n) is 2.18. The Morgan fingerprint density at radius 1 is 1.09 bits per heavy atom. The average Bonchev–Trinajstić information content (AvgIpc) is 2.05. The molecule has 1 saturated carbocycles. The molecule has 0 radical (unpaired) electrons. The first-order chi connectivity index (χ1) is 5.11. The van der Waals surface area contributed by atoms with Gasteiger partial charge in [-0.05, 0) is 12.8 Å². The minimum absolute atomic E-state index is 0.231. The lowest BCUT2D eigenvalue weighted by atomic mass is 10.1. The summed E-state index contributed by atoms with van der Waals surface area (Å²) in [5, 5.41) is 27.6. The monoisotopic (exact) mass is 161 g/mol. The molecule has 0 aromatic heterocycles. The highest BCUT2D eigenvalue weighted by Crippen LogP contribution is 2.17. The van der Waals surface area contributed by atoms with Crippen molar-refractivity contribution in [2.75, 3.05) is 0 Å². The van der Waals surface area contributed by atoms with Gasteiger partial charge in [0.2, 0.25) is 0 Å². The van der Waals surface area contributed by atoms with Crippen LogP contribution >= 0.6 is 0 Å². The van der Waals surface area contributed by atoms with E-state index in [1.807, 2.05) is 0 Å². The molecule has 5 N–H and O–H groups in total. The quantitative estimate of drug-likeness (QED) is 0.328. The molecule has 4 atom stereocenters. The molecule has 0 aromatic rings. The molecule has 0 aliphatic heterocycles. The molecule has 4 nitrogen and oxygen atoms in total. The van der Waals surface area contributed by atoms with Gasteiger partial charge in [0.1, 0.15) is 0 Å². The summed E-state index contributed by atoms with van der Waals surface area (Å²) < 4.78 is 0. The second-order valence-corrected chi connectivity index (χ2v) is 3.19. The number of aliphatic hydroxyl groups excluding tert-OH is 3. The molecule has 4 heteroatoms. The van der Waals surface area contributed by atoms with Gasteiger partial charge in [0.05, 0.1) is 18.3 Å². The van der Waals surface area contributed by atoms with Crippen LogP contribution < -0.4 is 5.73 Å². The van der Waals surface area contributed by atoms with Gasteiger partial charge in [-0.15, -0.1) is 0 Å². The van der Waals surface area contributed by atoms with Crippen LogP contribution in [0, 0.1) is 0 Å². The van der Waals surface area contributed by atoms with E-state index in [0.717, 1.165) is 0 Å². The van der Waals surface area contributed by atoms with E-state index in [4.69, 9.17) is 10.8 Å². The van der Waals surface area contributed by atoms with Crippen LogP contribution in [-0.4, -0.2) is 39.7 Å². The third kappa shape index (κ3) is 2.13. The maximum Gasteiger partial charge on any atom is 0.0950 e. The summed E-state index contributed by atoms with van der Waals surface area (Å²) in [7, 11) is 0. The van der Waals surface area contributed by atoms with Crippen molar-refractivity contribution < 1.29 is 15.3 Å². The number of hydrogen-bond acceptors (Lipinski definition) is 4. The van der Waals surface area contributed by atoms with E-state index >= 15 is 0 Å². The Hall–Kier alpha value is -0.160. The Morgan fingerprint density at radius 2 is 1.73 bits per heavy atom. The molecule has 1 rings (SSSR count). The number of nitrogens with two attached hydrogens (primary N) is 1. The number of rotatable bonds is 0. The summed E-state index contributed by atoms with van der Waals surface area (Å²) in [4.78, 5) is 0. The molecule has 0 heterocycles. The summed E-state index contributed by atoms with van der Waals surface area (Å²) in [5.74, 6) is 0. The third-order valence-corrected chi connectivity index (χ3v) is 2.18. The molecule has 11 heavy (non-hydrogen) atoms. The van der Waals surface area contributed by atoms with E-state index in [1.54, 1.807) is 0 Å². The fourth-order valence-electron chi connectivity index (χ4n) is 1.38. The molecular formula is C7H15NO3. The molecular weight excluding hydrogens is 146 g/mol. The van der Waals surface area contributed by atoms with Gasteiger partial charge in [0.25, 0.3) is 0 Å². The van der Waals surface area contributed by atoms with E-state index in [2.05, 4.69) is 0 Å². The molecule has 66 valence electrons. The minimum atomic E-state index is -0.882. The van der Waals surface area contributed by atoms with Gasteiger partial charge in [0.15, 0.2) is 0 Å². The maximum atomic E-state index is 9.26. The van der Waals surface area contributed by atoms with Crippen molar-refractivity contribution in [2.24, 2.45) is 5.73 Å². The summed E-state index contributed by atoms with van der Waals surface area (Å²) >= 11 is 0. The van der Waals surface area contributed by atoms with Crippen LogP contribution in [0.3, 0.4) is 0 Å².